The maximum atomic E-state index is 12.5. The van der Waals surface area contributed by atoms with Crippen LogP contribution < -0.4 is 0 Å². The summed E-state index contributed by atoms with van der Waals surface area (Å²) in [7, 11) is 0. The highest BCUT2D eigenvalue weighted by atomic mass is 19.4. The van der Waals surface area contributed by atoms with Gasteiger partial charge in [0.15, 0.2) is 0 Å². The third kappa shape index (κ3) is 2.71. The van der Waals surface area contributed by atoms with Gasteiger partial charge in [-0.15, -0.1) is 0 Å². The van der Waals surface area contributed by atoms with Crippen molar-refractivity contribution in [3.8, 4) is 11.8 Å². The number of esters is 1. The fraction of sp³-hybridized carbons (Fsp3) is 0.273. The largest absolute Gasteiger partial charge is 0.506 e. The number of carbonyl (C=O) groups excluding carboxylic acids is 1. The molecule has 0 aromatic heterocycles. The summed E-state index contributed by atoms with van der Waals surface area (Å²) < 4.78 is 42.1. The van der Waals surface area contributed by atoms with Crippen LogP contribution in [0.25, 0.3) is 0 Å². The Bertz CT molecular complexity index is 517. The molecule has 0 unspecified atom stereocenters. The zero-order valence-electron chi connectivity index (χ0n) is 9.21. The molecule has 7 heteroatoms. The second-order valence-electron chi connectivity index (χ2n) is 3.25. The van der Waals surface area contributed by atoms with Gasteiger partial charge in [0.2, 0.25) is 0 Å². The van der Waals surface area contributed by atoms with Gasteiger partial charge in [0.1, 0.15) is 17.4 Å². The molecule has 1 aromatic rings. The number of ether oxygens (including phenoxy) is 1. The number of alkyl halides is 3. The highest BCUT2D eigenvalue weighted by Crippen LogP contribution is 2.34. The third-order valence-electron chi connectivity index (χ3n) is 2.05. The lowest BCUT2D eigenvalue weighted by molar-refractivity contribution is -0.137. The summed E-state index contributed by atoms with van der Waals surface area (Å²) in [6.45, 7) is 1.41. The molecule has 0 amide bonds. The van der Waals surface area contributed by atoms with Crippen LogP contribution in [0.3, 0.4) is 0 Å². The Morgan fingerprint density at radius 3 is 2.56 bits per heavy atom. The molecule has 4 nitrogen and oxygen atoms in total. The van der Waals surface area contributed by atoms with Crippen molar-refractivity contribution in [2.75, 3.05) is 6.61 Å². The van der Waals surface area contributed by atoms with E-state index < -0.39 is 34.6 Å². The molecule has 0 aliphatic rings. The summed E-state index contributed by atoms with van der Waals surface area (Å²) >= 11 is 0. The zero-order chi connectivity index (χ0) is 13.9. The highest BCUT2D eigenvalue weighted by Gasteiger charge is 2.33. The molecule has 1 N–H and O–H groups in total. The van der Waals surface area contributed by atoms with Crippen molar-refractivity contribution in [3.05, 3.63) is 28.8 Å². The second-order valence-corrected chi connectivity index (χ2v) is 3.25. The van der Waals surface area contributed by atoms with Crippen LogP contribution in [0.5, 0.6) is 5.75 Å². The van der Waals surface area contributed by atoms with Crippen molar-refractivity contribution >= 4 is 5.97 Å². The van der Waals surface area contributed by atoms with E-state index in [2.05, 4.69) is 4.74 Å². The van der Waals surface area contributed by atoms with E-state index in [0.29, 0.717) is 12.1 Å². The van der Waals surface area contributed by atoms with Crippen LogP contribution in [0.4, 0.5) is 13.2 Å². The number of phenolic OH excluding ortho intramolecular Hbond substituents is 1. The van der Waals surface area contributed by atoms with Crippen molar-refractivity contribution in [1.82, 2.24) is 0 Å². The van der Waals surface area contributed by atoms with E-state index >= 15 is 0 Å². The lowest BCUT2D eigenvalue weighted by Gasteiger charge is -2.11. The summed E-state index contributed by atoms with van der Waals surface area (Å²) in [6.07, 6.45) is -4.72. The number of rotatable bonds is 2. The SMILES string of the molecule is CCOC(=O)c1cc(C(F)(F)F)cc(C#N)c1O. The molecule has 0 aliphatic heterocycles. The Morgan fingerprint density at radius 1 is 1.50 bits per heavy atom. The standard InChI is InChI=1S/C11H8F3NO3/c1-2-18-10(17)8-4-7(11(12,13)14)3-6(5-15)9(8)16/h3-4,16H,2H2,1H3. The summed E-state index contributed by atoms with van der Waals surface area (Å²) in [6, 6.07) is 2.31. The quantitative estimate of drug-likeness (QED) is 0.828. The molecule has 1 rings (SSSR count). The number of phenols is 1. The fourth-order valence-corrected chi connectivity index (χ4v) is 1.25. The van der Waals surface area contributed by atoms with Crippen molar-refractivity contribution in [1.29, 1.82) is 5.26 Å². The number of aromatic hydroxyl groups is 1. The molecule has 0 saturated carbocycles. The second kappa shape index (κ2) is 4.96. The number of halogens is 3. The van der Waals surface area contributed by atoms with Gasteiger partial charge in [0.25, 0.3) is 0 Å². The lowest BCUT2D eigenvalue weighted by atomic mass is 10.0. The van der Waals surface area contributed by atoms with Gasteiger partial charge in [-0.2, -0.15) is 18.4 Å². The summed E-state index contributed by atoms with van der Waals surface area (Å²) in [5.41, 5.74) is -2.50. The van der Waals surface area contributed by atoms with Gasteiger partial charge in [0, 0.05) is 0 Å². The van der Waals surface area contributed by atoms with E-state index in [9.17, 15) is 23.1 Å². The van der Waals surface area contributed by atoms with Gasteiger partial charge in [-0.1, -0.05) is 0 Å². The number of benzene rings is 1. The summed E-state index contributed by atoms with van der Waals surface area (Å²) in [5, 5.41) is 18.1. The summed E-state index contributed by atoms with van der Waals surface area (Å²) in [5.74, 6) is -1.93. The Balaban J connectivity index is 3.42. The molecule has 0 radical (unpaired) electrons. The van der Waals surface area contributed by atoms with E-state index in [0.717, 1.165) is 0 Å². The minimum Gasteiger partial charge on any atom is -0.506 e. The molecule has 1 aromatic carbocycles. The van der Waals surface area contributed by atoms with Crippen LogP contribution in [0.1, 0.15) is 28.4 Å². The van der Waals surface area contributed by atoms with E-state index in [1.807, 2.05) is 0 Å². The Hall–Kier alpha value is -2.23. The van der Waals surface area contributed by atoms with E-state index in [1.165, 1.54) is 13.0 Å². The first-order chi connectivity index (χ1) is 8.31. The topological polar surface area (TPSA) is 70.3 Å². The first kappa shape index (κ1) is 13.8. The van der Waals surface area contributed by atoms with Crippen LogP contribution in [0.2, 0.25) is 0 Å². The smallest absolute Gasteiger partial charge is 0.416 e. The number of nitrogens with zero attached hydrogens (tertiary/aromatic N) is 1. The van der Waals surface area contributed by atoms with Crippen LogP contribution >= 0.6 is 0 Å². The van der Waals surface area contributed by atoms with Gasteiger partial charge in [0.05, 0.1) is 17.7 Å². The molecule has 0 bridgehead atoms. The molecule has 0 aliphatic carbocycles. The number of nitriles is 1. The summed E-state index contributed by atoms with van der Waals surface area (Å²) in [4.78, 5) is 11.4. The van der Waals surface area contributed by atoms with Crippen LogP contribution in [0, 0.1) is 11.3 Å². The van der Waals surface area contributed by atoms with Gasteiger partial charge in [-0.25, -0.2) is 4.79 Å². The van der Waals surface area contributed by atoms with Crippen LogP contribution in [-0.2, 0) is 10.9 Å². The normalized spacial score (nSPS) is 10.8. The lowest BCUT2D eigenvalue weighted by Crippen LogP contribution is -2.11. The van der Waals surface area contributed by atoms with E-state index in [4.69, 9.17) is 5.26 Å². The Kier molecular flexibility index (Phi) is 3.81. The van der Waals surface area contributed by atoms with Crippen LogP contribution in [0.15, 0.2) is 12.1 Å². The average Bonchev–Trinajstić information content (AvgIpc) is 2.28. The monoisotopic (exact) mass is 259 g/mol. The molecule has 0 atom stereocenters. The molecule has 0 heterocycles. The first-order valence-electron chi connectivity index (χ1n) is 4.82. The minimum absolute atomic E-state index is 0.0591. The molecule has 0 fully saturated rings. The Morgan fingerprint density at radius 2 is 2.11 bits per heavy atom. The first-order valence-corrected chi connectivity index (χ1v) is 4.82. The van der Waals surface area contributed by atoms with Gasteiger partial charge in [-0.3, -0.25) is 0 Å². The van der Waals surface area contributed by atoms with Crippen molar-refractivity contribution in [2.45, 2.75) is 13.1 Å². The van der Waals surface area contributed by atoms with Crippen molar-refractivity contribution in [3.63, 3.8) is 0 Å². The van der Waals surface area contributed by atoms with Crippen molar-refractivity contribution < 1.29 is 27.8 Å². The van der Waals surface area contributed by atoms with Gasteiger partial charge in [-0.05, 0) is 19.1 Å². The predicted molar refractivity (Wildman–Crippen MR) is 53.8 cm³/mol. The minimum atomic E-state index is -4.72. The molecule has 0 saturated heterocycles. The zero-order valence-corrected chi connectivity index (χ0v) is 9.21. The molecule has 0 spiro atoms. The highest BCUT2D eigenvalue weighted by molar-refractivity contribution is 5.93. The fourth-order valence-electron chi connectivity index (χ4n) is 1.25. The molecule has 96 valence electrons. The van der Waals surface area contributed by atoms with Gasteiger partial charge < -0.3 is 9.84 Å². The maximum absolute atomic E-state index is 12.5. The number of carbonyl (C=O) groups is 1. The maximum Gasteiger partial charge on any atom is 0.416 e. The molecule has 18 heavy (non-hydrogen) atoms. The van der Waals surface area contributed by atoms with E-state index in [1.54, 1.807) is 0 Å². The van der Waals surface area contributed by atoms with Gasteiger partial charge >= 0.3 is 12.1 Å². The number of hydrogen-bond donors (Lipinski definition) is 1. The van der Waals surface area contributed by atoms with Crippen molar-refractivity contribution in [2.24, 2.45) is 0 Å². The predicted octanol–water partition coefficient (Wildman–Crippen LogP) is 2.46. The third-order valence-corrected chi connectivity index (χ3v) is 2.05. The Labute approximate surface area is 100 Å². The number of hydrogen-bond acceptors (Lipinski definition) is 4. The average molecular weight is 259 g/mol. The molecular formula is C11H8F3NO3. The molecular weight excluding hydrogens is 251 g/mol. The van der Waals surface area contributed by atoms with E-state index in [-0.39, 0.29) is 6.61 Å². The van der Waals surface area contributed by atoms with Crippen LogP contribution in [-0.4, -0.2) is 17.7 Å².